The number of nitrogens with zero attached hydrogens (tertiary/aromatic N) is 2. The molecule has 1 atom stereocenters. The molecule has 1 fully saturated rings. The van der Waals surface area contributed by atoms with E-state index < -0.39 is 0 Å². The smallest absolute Gasteiger partial charge is 0.179 e. The molecule has 1 aromatic carbocycles. The maximum Gasteiger partial charge on any atom is 0.179 e. The normalized spacial score (nSPS) is 19.1. The van der Waals surface area contributed by atoms with Crippen LogP contribution in [0.25, 0.3) is 0 Å². The highest BCUT2D eigenvalue weighted by Crippen LogP contribution is 2.33. The maximum absolute atomic E-state index is 5.78. The van der Waals surface area contributed by atoms with Gasteiger partial charge in [0.05, 0.1) is 18.8 Å². The second kappa shape index (κ2) is 5.12. The summed E-state index contributed by atoms with van der Waals surface area (Å²) in [6, 6.07) is 9.98. The number of rotatable bonds is 3. The van der Waals surface area contributed by atoms with Gasteiger partial charge in [0.1, 0.15) is 10.4 Å². The van der Waals surface area contributed by atoms with E-state index in [0.717, 1.165) is 29.1 Å². The lowest BCUT2D eigenvalue weighted by Gasteiger charge is -2.10. The van der Waals surface area contributed by atoms with Crippen LogP contribution in [0.3, 0.4) is 0 Å². The van der Waals surface area contributed by atoms with Crippen molar-refractivity contribution in [3.8, 4) is 11.5 Å². The number of para-hydroxylation sites is 1. The first-order chi connectivity index (χ1) is 8.84. The van der Waals surface area contributed by atoms with Gasteiger partial charge < -0.3 is 9.47 Å². The van der Waals surface area contributed by atoms with Gasteiger partial charge in [-0.15, -0.1) is 0 Å². The van der Waals surface area contributed by atoms with Gasteiger partial charge in [-0.1, -0.05) is 18.2 Å². The fraction of sp³-hybridized carbons (Fsp3) is 0.308. The molecule has 5 heteroatoms. The third-order valence-electron chi connectivity index (χ3n) is 2.93. The molecule has 3 rings (SSSR count). The SMILES string of the molecule is Brc1c(Oc2ccccc2)cnn1C1CCOC1. The van der Waals surface area contributed by atoms with Crippen LogP contribution >= 0.6 is 15.9 Å². The highest BCUT2D eigenvalue weighted by atomic mass is 79.9. The Labute approximate surface area is 114 Å². The van der Waals surface area contributed by atoms with Gasteiger partial charge >= 0.3 is 0 Å². The summed E-state index contributed by atoms with van der Waals surface area (Å²) in [4.78, 5) is 0. The fourth-order valence-corrected chi connectivity index (χ4v) is 2.55. The van der Waals surface area contributed by atoms with Gasteiger partial charge in [-0.3, -0.25) is 0 Å². The minimum atomic E-state index is 0.299. The quantitative estimate of drug-likeness (QED) is 0.872. The van der Waals surface area contributed by atoms with E-state index in [0.29, 0.717) is 12.6 Å². The molecule has 0 bridgehead atoms. The first kappa shape index (κ1) is 11.7. The summed E-state index contributed by atoms with van der Waals surface area (Å²) in [5.41, 5.74) is 0. The number of ether oxygens (including phenoxy) is 2. The standard InChI is InChI=1S/C13H13BrN2O2/c14-13-12(18-11-4-2-1-3-5-11)8-15-16(13)10-6-7-17-9-10/h1-5,8,10H,6-7,9H2. The molecule has 0 amide bonds. The number of hydrogen-bond donors (Lipinski definition) is 0. The van der Waals surface area contributed by atoms with Gasteiger partial charge in [0, 0.05) is 6.61 Å². The lowest BCUT2D eigenvalue weighted by molar-refractivity contribution is 0.184. The molecular formula is C13H13BrN2O2. The lowest BCUT2D eigenvalue weighted by atomic mass is 10.3. The highest BCUT2D eigenvalue weighted by Gasteiger charge is 2.22. The minimum Gasteiger partial charge on any atom is -0.453 e. The molecule has 2 aromatic rings. The van der Waals surface area contributed by atoms with Crippen molar-refractivity contribution in [3.63, 3.8) is 0 Å². The van der Waals surface area contributed by atoms with Gasteiger partial charge in [0.2, 0.25) is 0 Å². The van der Waals surface area contributed by atoms with Crippen molar-refractivity contribution in [3.05, 3.63) is 41.1 Å². The molecule has 1 aliphatic heterocycles. The second-order valence-electron chi connectivity index (χ2n) is 4.18. The summed E-state index contributed by atoms with van der Waals surface area (Å²) in [6.07, 6.45) is 2.72. The van der Waals surface area contributed by atoms with Crippen LogP contribution in [0.15, 0.2) is 41.1 Å². The van der Waals surface area contributed by atoms with Crippen LogP contribution in [0.2, 0.25) is 0 Å². The lowest BCUT2D eigenvalue weighted by Crippen LogP contribution is -2.10. The van der Waals surface area contributed by atoms with Crippen molar-refractivity contribution in [1.29, 1.82) is 0 Å². The van der Waals surface area contributed by atoms with E-state index in [2.05, 4.69) is 21.0 Å². The molecule has 18 heavy (non-hydrogen) atoms. The zero-order valence-electron chi connectivity index (χ0n) is 9.75. The van der Waals surface area contributed by atoms with Gasteiger partial charge in [0.25, 0.3) is 0 Å². The Kier molecular flexibility index (Phi) is 3.34. The second-order valence-corrected chi connectivity index (χ2v) is 4.93. The van der Waals surface area contributed by atoms with Crippen molar-refractivity contribution < 1.29 is 9.47 Å². The molecule has 0 N–H and O–H groups in total. The van der Waals surface area contributed by atoms with E-state index in [1.165, 1.54) is 0 Å². The first-order valence-corrected chi connectivity index (χ1v) is 6.67. The van der Waals surface area contributed by atoms with E-state index in [4.69, 9.17) is 9.47 Å². The number of hydrogen-bond acceptors (Lipinski definition) is 3. The molecule has 0 spiro atoms. The van der Waals surface area contributed by atoms with Crippen LogP contribution in [0.4, 0.5) is 0 Å². The summed E-state index contributed by atoms with van der Waals surface area (Å²) in [5.74, 6) is 1.54. The molecule has 0 aliphatic carbocycles. The number of halogens is 1. The number of benzene rings is 1. The molecule has 1 aliphatic rings. The van der Waals surface area contributed by atoms with Crippen molar-refractivity contribution in [2.75, 3.05) is 13.2 Å². The molecule has 4 nitrogen and oxygen atoms in total. The predicted octanol–water partition coefficient (Wildman–Crippen LogP) is 3.40. The van der Waals surface area contributed by atoms with Crippen LogP contribution in [-0.4, -0.2) is 23.0 Å². The summed E-state index contributed by atoms with van der Waals surface area (Å²) >= 11 is 3.54. The van der Waals surface area contributed by atoms with E-state index in [1.54, 1.807) is 6.20 Å². The van der Waals surface area contributed by atoms with Gasteiger partial charge in [-0.2, -0.15) is 5.10 Å². The minimum absolute atomic E-state index is 0.299. The predicted molar refractivity (Wildman–Crippen MR) is 70.9 cm³/mol. The van der Waals surface area contributed by atoms with Gasteiger partial charge in [-0.25, -0.2) is 4.68 Å². The van der Waals surface area contributed by atoms with Gasteiger partial charge in [0.15, 0.2) is 5.75 Å². The molecule has 0 saturated carbocycles. The zero-order chi connectivity index (χ0) is 12.4. The summed E-state index contributed by atoms with van der Waals surface area (Å²) in [5, 5.41) is 4.36. The molecular weight excluding hydrogens is 296 g/mol. The van der Waals surface area contributed by atoms with Crippen LogP contribution < -0.4 is 4.74 Å². The van der Waals surface area contributed by atoms with Crippen molar-refractivity contribution in [2.45, 2.75) is 12.5 Å². The van der Waals surface area contributed by atoms with E-state index >= 15 is 0 Å². The van der Waals surface area contributed by atoms with E-state index in [9.17, 15) is 0 Å². The Morgan fingerprint density at radius 2 is 2.17 bits per heavy atom. The van der Waals surface area contributed by atoms with Crippen LogP contribution in [0, 0.1) is 0 Å². The van der Waals surface area contributed by atoms with Gasteiger partial charge in [-0.05, 0) is 34.5 Å². The van der Waals surface area contributed by atoms with Crippen molar-refractivity contribution in [1.82, 2.24) is 9.78 Å². The Hall–Kier alpha value is -1.33. The first-order valence-electron chi connectivity index (χ1n) is 5.88. The Morgan fingerprint density at radius 3 is 2.89 bits per heavy atom. The monoisotopic (exact) mass is 308 g/mol. The van der Waals surface area contributed by atoms with Crippen molar-refractivity contribution in [2.24, 2.45) is 0 Å². The maximum atomic E-state index is 5.78. The molecule has 2 heterocycles. The topological polar surface area (TPSA) is 36.3 Å². The zero-order valence-corrected chi connectivity index (χ0v) is 11.3. The number of aromatic nitrogens is 2. The van der Waals surface area contributed by atoms with Crippen molar-refractivity contribution >= 4 is 15.9 Å². The molecule has 1 aromatic heterocycles. The highest BCUT2D eigenvalue weighted by molar-refractivity contribution is 9.10. The third kappa shape index (κ3) is 2.28. The molecule has 1 unspecified atom stereocenters. The fourth-order valence-electron chi connectivity index (χ4n) is 1.98. The Balaban J connectivity index is 1.81. The van der Waals surface area contributed by atoms with E-state index in [-0.39, 0.29) is 0 Å². The average molecular weight is 309 g/mol. The van der Waals surface area contributed by atoms with E-state index in [1.807, 2.05) is 35.0 Å². The Bertz CT molecular complexity index is 521. The third-order valence-corrected chi connectivity index (χ3v) is 3.68. The molecule has 0 radical (unpaired) electrons. The molecule has 1 saturated heterocycles. The van der Waals surface area contributed by atoms with Crippen LogP contribution in [0.1, 0.15) is 12.5 Å². The summed E-state index contributed by atoms with van der Waals surface area (Å²) < 4.78 is 13.9. The average Bonchev–Trinajstić information content (AvgIpc) is 3.02. The van der Waals surface area contributed by atoms with Crippen LogP contribution in [-0.2, 0) is 4.74 Å². The Morgan fingerprint density at radius 1 is 1.33 bits per heavy atom. The molecule has 94 valence electrons. The largest absolute Gasteiger partial charge is 0.453 e. The summed E-state index contributed by atoms with van der Waals surface area (Å²) in [7, 11) is 0. The van der Waals surface area contributed by atoms with Crippen LogP contribution in [0.5, 0.6) is 11.5 Å². The summed E-state index contributed by atoms with van der Waals surface area (Å²) in [6.45, 7) is 1.51.